The first-order valence-electron chi connectivity index (χ1n) is 3.99. The van der Waals surface area contributed by atoms with Gasteiger partial charge in [-0.25, -0.2) is 0 Å². The van der Waals surface area contributed by atoms with Gasteiger partial charge in [0.15, 0.2) is 0 Å². The molecule has 1 heterocycles. The summed E-state index contributed by atoms with van der Waals surface area (Å²) in [5.41, 5.74) is 2.92. The van der Waals surface area contributed by atoms with Crippen molar-refractivity contribution in [3.8, 4) is 0 Å². The summed E-state index contributed by atoms with van der Waals surface area (Å²) in [4.78, 5) is 0. The zero-order chi connectivity index (χ0) is 7.68. The van der Waals surface area contributed by atoms with Gasteiger partial charge in [-0.05, 0) is 12.6 Å². The highest BCUT2D eigenvalue weighted by Crippen LogP contribution is 2.20. The summed E-state index contributed by atoms with van der Waals surface area (Å²) in [5, 5.41) is 0. The molecule has 0 unspecified atom stereocenters. The summed E-state index contributed by atoms with van der Waals surface area (Å²) in [6.07, 6.45) is 2.18. The molecule has 0 spiro atoms. The fourth-order valence-electron chi connectivity index (χ4n) is 1.69. The Labute approximate surface area is 67.5 Å². The zero-order valence-electron chi connectivity index (χ0n) is 6.71. The summed E-state index contributed by atoms with van der Waals surface area (Å²) < 4.78 is 5.29. The molecule has 0 bridgehead atoms. The predicted octanol–water partition coefficient (Wildman–Crippen LogP) is 1.50. The maximum atomic E-state index is 5.29. The quantitative estimate of drug-likeness (QED) is 0.545. The monoisotopic (exact) mass is 146 g/mol. The minimum Gasteiger partial charge on any atom is -0.438 e. The summed E-state index contributed by atoms with van der Waals surface area (Å²) in [6, 6.07) is 8.57. The third kappa shape index (κ3) is 1.18. The first-order chi connectivity index (χ1) is 5.40. The van der Waals surface area contributed by atoms with Crippen LogP contribution in [0.2, 0.25) is 0 Å². The van der Waals surface area contributed by atoms with E-state index in [1.54, 1.807) is 7.11 Å². The topological polar surface area (TPSA) is 9.23 Å². The van der Waals surface area contributed by atoms with Gasteiger partial charge in [-0.3, -0.25) is 0 Å². The van der Waals surface area contributed by atoms with Crippen molar-refractivity contribution < 1.29 is 4.65 Å². The van der Waals surface area contributed by atoms with E-state index in [2.05, 4.69) is 24.3 Å². The molecule has 1 aromatic carbocycles. The van der Waals surface area contributed by atoms with Crippen molar-refractivity contribution >= 4 is 6.92 Å². The van der Waals surface area contributed by atoms with E-state index in [9.17, 15) is 0 Å². The van der Waals surface area contributed by atoms with E-state index in [0.29, 0.717) is 6.92 Å². The highest BCUT2D eigenvalue weighted by atomic mass is 16.4. The Morgan fingerprint density at radius 3 is 2.18 bits per heavy atom. The van der Waals surface area contributed by atoms with Crippen LogP contribution in [0.1, 0.15) is 11.1 Å². The lowest BCUT2D eigenvalue weighted by molar-refractivity contribution is 0.420. The maximum absolute atomic E-state index is 5.29. The molecule has 0 aromatic heterocycles. The van der Waals surface area contributed by atoms with Gasteiger partial charge in [-0.1, -0.05) is 35.4 Å². The zero-order valence-corrected chi connectivity index (χ0v) is 6.71. The Bertz CT molecular complexity index is 234. The number of hydrogen-bond donors (Lipinski definition) is 0. The van der Waals surface area contributed by atoms with Crippen molar-refractivity contribution in [3.63, 3.8) is 0 Å². The van der Waals surface area contributed by atoms with Gasteiger partial charge in [0.25, 0.3) is 0 Å². The fourth-order valence-corrected chi connectivity index (χ4v) is 1.69. The second-order valence-corrected chi connectivity index (χ2v) is 3.03. The molecule has 1 aliphatic heterocycles. The molecule has 0 atom stereocenters. The minimum atomic E-state index is 0.424. The van der Waals surface area contributed by atoms with Gasteiger partial charge in [0, 0.05) is 7.11 Å². The first kappa shape index (κ1) is 6.92. The van der Waals surface area contributed by atoms with Crippen LogP contribution in [0.3, 0.4) is 0 Å². The number of rotatable bonds is 1. The molecule has 56 valence electrons. The van der Waals surface area contributed by atoms with Crippen LogP contribution in [0, 0.1) is 0 Å². The summed E-state index contributed by atoms with van der Waals surface area (Å²) >= 11 is 0. The second-order valence-electron chi connectivity index (χ2n) is 3.03. The van der Waals surface area contributed by atoms with Gasteiger partial charge in [0.2, 0.25) is 0 Å². The molecule has 2 heteroatoms. The molecule has 11 heavy (non-hydrogen) atoms. The molecule has 0 fully saturated rings. The predicted molar refractivity (Wildman–Crippen MR) is 46.6 cm³/mol. The van der Waals surface area contributed by atoms with E-state index >= 15 is 0 Å². The van der Waals surface area contributed by atoms with E-state index in [1.807, 2.05) is 0 Å². The molecular weight excluding hydrogens is 135 g/mol. The normalized spacial score (nSPS) is 15.2. The van der Waals surface area contributed by atoms with Crippen molar-refractivity contribution in [2.45, 2.75) is 12.6 Å². The highest BCUT2D eigenvalue weighted by Gasteiger charge is 2.24. The van der Waals surface area contributed by atoms with Crippen molar-refractivity contribution in [2.75, 3.05) is 7.11 Å². The average Bonchev–Trinajstić information content (AvgIpc) is 2.46. The van der Waals surface area contributed by atoms with E-state index in [1.165, 1.54) is 11.1 Å². The Balaban J connectivity index is 2.27. The van der Waals surface area contributed by atoms with Crippen molar-refractivity contribution in [3.05, 3.63) is 35.4 Å². The molecule has 0 aliphatic carbocycles. The molecule has 0 saturated carbocycles. The average molecular weight is 146 g/mol. The molecular formula is C9H11BO. The lowest BCUT2D eigenvalue weighted by Gasteiger charge is -1.97. The Morgan fingerprint density at radius 2 is 1.73 bits per heavy atom. The molecule has 0 saturated heterocycles. The van der Waals surface area contributed by atoms with E-state index in [-0.39, 0.29) is 0 Å². The van der Waals surface area contributed by atoms with Gasteiger partial charge in [0.05, 0.1) is 0 Å². The van der Waals surface area contributed by atoms with Crippen molar-refractivity contribution in [2.24, 2.45) is 0 Å². The number of hydrogen-bond acceptors (Lipinski definition) is 1. The van der Waals surface area contributed by atoms with Crippen LogP contribution < -0.4 is 0 Å². The van der Waals surface area contributed by atoms with Crippen LogP contribution in [-0.2, 0) is 17.3 Å². The summed E-state index contributed by atoms with van der Waals surface area (Å²) in [6.45, 7) is 0.424. The second kappa shape index (κ2) is 2.70. The molecule has 0 N–H and O–H groups in total. The smallest absolute Gasteiger partial charge is 0.301 e. The Hall–Kier alpha value is -0.755. The minimum absolute atomic E-state index is 0.424. The van der Waals surface area contributed by atoms with Gasteiger partial charge in [0.1, 0.15) is 0 Å². The standard InChI is InChI=1S/C9H11BO/c1-11-10-6-8-4-2-3-5-9(8)7-10/h2-5H,6-7H2,1H3. The van der Waals surface area contributed by atoms with Gasteiger partial charge in [-0.2, -0.15) is 0 Å². The Morgan fingerprint density at radius 1 is 1.18 bits per heavy atom. The number of fused-ring (bicyclic) bond motifs is 1. The molecule has 1 nitrogen and oxygen atoms in total. The van der Waals surface area contributed by atoms with Crippen molar-refractivity contribution in [1.82, 2.24) is 0 Å². The SMILES string of the molecule is COB1Cc2ccccc2C1. The molecule has 0 amide bonds. The van der Waals surface area contributed by atoms with E-state index < -0.39 is 0 Å². The van der Waals surface area contributed by atoms with Crippen LogP contribution in [0.4, 0.5) is 0 Å². The molecule has 2 rings (SSSR count). The van der Waals surface area contributed by atoms with Gasteiger partial charge in [-0.15, -0.1) is 0 Å². The first-order valence-corrected chi connectivity index (χ1v) is 3.99. The summed E-state index contributed by atoms with van der Waals surface area (Å²) in [5.74, 6) is 0. The van der Waals surface area contributed by atoms with Crippen molar-refractivity contribution in [1.29, 1.82) is 0 Å². The summed E-state index contributed by atoms with van der Waals surface area (Å²) in [7, 11) is 1.79. The van der Waals surface area contributed by atoms with Crippen LogP contribution in [0.25, 0.3) is 0 Å². The lowest BCUT2D eigenvalue weighted by Crippen LogP contribution is -2.16. The molecule has 1 aliphatic rings. The van der Waals surface area contributed by atoms with Gasteiger partial charge < -0.3 is 4.65 Å². The van der Waals surface area contributed by atoms with Gasteiger partial charge >= 0.3 is 6.92 Å². The van der Waals surface area contributed by atoms with Crippen LogP contribution in [-0.4, -0.2) is 14.0 Å². The van der Waals surface area contributed by atoms with Crippen LogP contribution >= 0.6 is 0 Å². The highest BCUT2D eigenvalue weighted by molar-refractivity contribution is 6.52. The fraction of sp³-hybridized carbons (Fsp3) is 0.333. The number of benzene rings is 1. The van der Waals surface area contributed by atoms with E-state index in [0.717, 1.165) is 12.6 Å². The molecule has 0 radical (unpaired) electrons. The lowest BCUT2D eigenvalue weighted by atomic mass is 9.65. The third-order valence-corrected chi connectivity index (χ3v) is 2.35. The van der Waals surface area contributed by atoms with Crippen LogP contribution in [0.5, 0.6) is 0 Å². The maximum Gasteiger partial charge on any atom is 0.301 e. The Kier molecular flexibility index (Phi) is 1.70. The van der Waals surface area contributed by atoms with Crippen LogP contribution in [0.15, 0.2) is 24.3 Å². The third-order valence-electron chi connectivity index (χ3n) is 2.35. The molecule has 1 aromatic rings. The van der Waals surface area contributed by atoms with E-state index in [4.69, 9.17) is 4.65 Å². The largest absolute Gasteiger partial charge is 0.438 e.